The Morgan fingerprint density at radius 2 is 1.91 bits per heavy atom. The maximum Gasteiger partial charge on any atom is 0.116 e. The van der Waals surface area contributed by atoms with Crippen LogP contribution in [0, 0.1) is 16.7 Å². The molecular formula is C20H25NO. The van der Waals surface area contributed by atoms with Crippen molar-refractivity contribution < 1.29 is 4.74 Å². The molecule has 0 amide bonds. The summed E-state index contributed by atoms with van der Waals surface area (Å²) in [5.74, 6) is 0.517. The van der Waals surface area contributed by atoms with Crippen LogP contribution in [0.5, 0.6) is 0 Å². The number of hydrogen-bond donors (Lipinski definition) is 0. The van der Waals surface area contributed by atoms with Crippen LogP contribution in [0.3, 0.4) is 0 Å². The molecule has 22 heavy (non-hydrogen) atoms. The van der Waals surface area contributed by atoms with E-state index in [0.717, 1.165) is 12.1 Å². The van der Waals surface area contributed by atoms with Gasteiger partial charge in [0, 0.05) is 17.8 Å². The van der Waals surface area contributed by atoms with Gasteiger partial charge in [0.05, 0.1) is 18.0 Å². The molecule has 3 aliphatic rings. The zero-order valence-electron chi connectivity index (χ0n) is 13.9. The Balaban J connectivity index is 1.90. The minimum Gasteiger partial charge on any atom is -0.364 e. The molecule has 1 spiro atoms. The molecule has 1 saturated heterocycles. The van der Waals surface area contributed by atoms with E-state index in [1.54, 1.807) is 0 Å². The third-order valence-electron chi connectivity index (χ3n) is 6.89. The highest BCUT2D eigenvalue weighted by molar-refractivity contribution is 6.02. The van der Waals surface area contributed by atoms with Crippen molar-refractivity contribution in [2.75, 3.05) is 6.61 Å². The van der Waals surface area contributed by atoms with Gasteiger partial charge >= 0.3 is 0 Å². The molecule has 116 valence electrons. The first-order valence-electron chi connectivity index (χ1n) is 8.35. The van der Waals surface area contributed by atoms with Gasteiger partial charge in [-0.3, -0.25) is 4.99 Å². The Kier molecular flexibility index (Phi) is 2.79. The third kappa shape index (κ3) is 1.52. The van der Waals surface area contributed by atoms with Crippen molar-refractivity contribution in [2.45, 2.75) is 45.6 Å². The van der Waals surface area contributed by atoms with Gasteiger partial charge in [0.15, 0.2) is 0 Å². The van der Waals surface area contributed by atoms with E-state index in [2.05, 4.69) is 51.6 Å². The fourth-order valence-corrected chi connectivity index (χ4v) is 5.27. The Morgan fingerprint density at radius 3 is 2.55 bits per heavy atom. The van der Waals surface area contributed by atoms with Crippen molar-refractivity contribution in [1.82, 2.24) is 0 Å². The highest BCUT2D eigenvalue weighted by Gasteiger charge is 2.74. The van der Waals surface area contributed by atoms with Gasteiger partial charge in [-0.25, -0.2) is 0 Å². The molecule has 1 heterocycles. The lowest BCUT2D eigenvalue weighted by Crippen LogP contribution is -2.51. The predicted molar refractivity (Wildman–Crippen MR) is 90.6 cm³/mol. The average Bonchev–Trinajstić information content (AvgIpc) is 3.02. The van der Waals surface area contributed by atoms with E-state index in [0.29, 0.717) is 12.5 Å². The summed E-state index contributed by atoms with van der Waals surface area (Å²) in [5.41, 5.74) is 3.68. The van der Waals surface area contributed by atoms with Crippen LogP contribution in [0.15, 0.2) is 47.5 Å². The van der Waals surface area contributed by atoms with Crippen molar-refractivity contribution in [2.24, 2.45) is 21.7 Å². The normalized spacial score (nSPS) is 41.0. The van der Waals surface area contributed by atoms with Crippen LogP contribution < -0.4 is 0 Å². The van der Waals surface area contributed by atoms with Crippen molar-refractivity contribution in [1.29, 1.82) is 0 Å². The first-order chi connectivity index (χ1) is 10.4. The standard InChI is InChI=1S/C20H25NO/c1-14-12-20(22-13-14)17(21-15-8-6-5-7-9-15)16-10-11-19(20,4)18(16,2)3/h5-9,16H,1,10-13H2,2-4H3/t16-,19-,20-/m0/s1. The molecule has 2 heteroatoms. The molecule has 2 aliphatic carbocycles. The van der Waals surface area contributed by atoms with Crippen LogP contribution in [0.25, 0.3) is 0 Å². The molecule has 4 rings (SSSR count). The molecule has 1 aromatic carbocycles. The average molecular weight is 295 g/mol. The third-order valence-corrected chi connectivity index (χ3v) is 6.89. The van der Waals surface area contributed by atoms with Crippen LogP contribution in [0.2, 0.25) is 0 Å². The van der Waals surface area contributed by atoms with E-state index < -0.39 is 0 Å². The molecule has 2 saturated carbocycles. The maximum atomic E-state index is 6.44. The Morgan fingerprint density at radius 1 is 1.18 bits per heavy atom. The topological polar surface area (TPSA) is 21.6 Å². The Hall–Kier alpha value is -1.41. The van der Waals surface area contributed by atoms with Gasteiger partial charge in [-0.2, -0.15) is 0 Å². The van der Waals surface area contributed by atoms with E-state index in [4.69, 9.17) is 9.73 Å². The largest absolute Gasteiger partial charge is 0.364 e. The molecule has 0 N–H and O–H groups in total. The maximum absolute atomic E-state index is 6.44. The molecule has 0 aromatic heterocycles. The van der Waals surface area contributed by atoms with Crippen LogP contribution >= 0.6 is 0 Å². The van der Waals surface area contributed by atoms with Gasteiger partial charge in [-0.1, -0.05) is 45.5 Å². The Labute approximate surface area is 133 Å². The molecule has 1 aromatic rings. The smallest absolute Gasteiger partial charge is 0.116 e. The van der Waals surface area contributed by atoms with Crippen LogP contribution in [-0.4, -0.2) is 17.9 Å². The molecule has 3 atom stereocenters. The summed E-state index contributed by atoms with van der Waals surface area (Å²) in [6.07, 6.45) is 3.40. The number of rotatable bonds is 1. The molecule has 3 fully saturated rings. The van der Waals surface area contributed by atoms with Crippen molar-refractivity contribution in [3.63, 3.8) is 0 Å². The fourth-order valence-electron chi connectivity index (χ4n) is 5.27. The van der Waals surface area contributed by atoms with E-state index in [-0.39, 0.29) is 16.4 Å². The first-order valence-corrected chi connectivity index (χ1v) is 8.35. The van der Waals surface area contributed by atoms with Crippen LogP contribution in [0.1, 0.15) is 40.0 Å². The second-order valence-corrected chi connectivity index (χ2v) is 8.02. The monoisotopic (exact) mass is 295 g/mol. The number of hydrogen-bond acceptors (Lipinski definition) is 2. The zero-order chi connectivity index (χ0) is 15.6. The summed E-state index contributed by atoms with van der Waals surface area (Å²) in [6, 6.07) is 10.3. The van der Waals surface area contributed by atoms with Gasteiger partial charge in [-0.15, -0.1) is 0 Å². The van der Waals surface area contributed by atoms with Crippen molar-refractivity contribution >= 4 is 11.4 Å². The lowest BCUT2D eigenvalue weighted by Gasteiger charge is -2.45. The Bertz CT molecular complexity index is 660. The molecular weight excluding hydrogens is 270 g/mol. The quantitative estimate of drug-likeness (QED) is 0.673. The second-order valence-electron chi connectivity index (χ2n) is 8.02. The van der Waals surface area contributed by atoms with Crippen molar-refractivity contribution in [3.8, 4) is 0 Å². The number of para-hydroxylation sites is 1. The van der Waals surface area contributed by atoms with Gasteiger partial charge < -0.3 is 4.74 Å². The SMILES string of the molecule is C=C1CO[C@@]2(C1)C(=Nc1ccccc1)[C@@H]1CC[C@@]2(C)C1(C)C. The fraction of sp³-hybridized carbons (Fsp3) is 0.550. The molecule has 0 radical (unpaired) electrons. The molecule has 2 bridgehead atoms. The zero-order valence-corrected chi connectivity index (χ0v) is 13.9. The second kappa shape index (κ2) is 4.32. The van der Waals surface area contributed by atoms with E-state index in [1.807, 2.05) is 6.07 Å². The summed E-state index contributed by atoms with van der Waals surface area (Å²) < 4.78 is 6.44. The summed E-state index contributed by atoms with van der Waals surface area (Å²) in [4.78, 5) is 5.10. The van der Waals surface area contributed by atoms with Gasteiger partial charge in [0.1, 0.15) is 5.60 Å². The highest BCUT2D eigenvalue weighted by atomic mass is 16.5. The van der Waals surface area contributed by atoms with E-state index >= 15 is 0 Å². The molecule has 1 aliphatic heterocycles. The lowest BCUT2D eigenvalue weighted by molar-refractivity contribution is -0.0682. The summed E-state index contributed by atoms with van der Waals surface area (Å²) >= 11 is 0. The number of nitrogens with zero attached hydrogens (tertiary/aromatic N) is 1. The van der Waals surface area contributed by atoms with Gasteiger partial charge in [0.25, 0.3) is 0 Å². The predicted octanol–water partition coefficient (Wildman–Crippen LogP) is 4.93. The van der Waals surface area contributed by atoms with Crippen LogP contribution in [-0.2, 0) is 4.74 Å². The number of aliphatic imine (C=N–C) groups is 1. The minimum atomic E-state index is -0.230. The molecule has 2 nitrogen and oxygen atoms in total. The molecule has 0 unspecified atom stereocenters. The van der Waals surface area contributed by atoms with Crippen molar-refractivity contribution in [3.05, 3.63) is 42.5 Å². The summed E-state index contributed by atoms with van der Waals surface area (Å²) in [5, 5.41) is 0. The highest BCUT2D eigenvalue weighted by Crippen LogP contribution is 2.71. The first kappa shape index (κ1) is 14.2. The summed E-state index contributed by atoms with van der Waals surface area (Å²) in [7, 11) is 0. The van der Waals surface area contributed by atoms with E-state index in [9.17, 15) is 0 Å². The van der Waals surface area contributed by atoms with Crippen LogP contribution in [0.4, 0.5) is 5.69 Å². The number of ether oxygens (including phenoxy) is 1. The van der Waals surface area contributed by atoms with E-state index in [1.165, 1.54) is 24.1 Å². The number of fused-ring (bicyclic) bond motifs is 3. The summed E-state index contributed by atoms with van der Waals surface area (Å²) in [6.45, 7) is 12.1. The number of benzene rings is 1. The minimum absolute atomic E-state index is 0.151. The lowest BCUT2D eigenvalue weighted by atomic mass is 9.63. The van der Waals surface area contributed by atoms with Gasteiger partial charge in [-0.05, 0) is 36.0 Å². The van der Waals surface area contributed by atoms with Gasteiger partial charge in [0.2, 0.25) is 0 Å².